The van der Waals surface area contributed by atoms with Crippen LogP contribution < -0.4 is 14.8 Å². The fourth-order valence-electron chi connectivity index (χ4n) is 1.79. The maximum atomic E-state index is 11.6. The summed E-state index contributed by atoms with van der Waals surface area (Å²) in [6.07, 6.45) is 5.39. The van der Waals surface area contributed by atoms with Crippen molar-refractivity contribution >= 4 is 12.0 Å². The van der Waals surface area contributed by atoms with Crippen molar-refractivity contribution in [3.05, 3.63) is 29.8 Å². The lowest BCUT2D eigenvalue weighted by Gasteiger charge is -2.11. The van der Waals surface area contributed by atoms with Crippen molar-refractivity contribution in [2.75, 3.05) is 19.8 Å². The van der Waals surface area contributed by atoms with Crippen LogP contribution in [0.15, 0.2) is 24.3 Å². The van der Waals surface area contributed by atoms with Gasteiger partial charge in [0.25, 0.3) is 0 Å². The molecule has 4 heteroatoms. The average molecular weight is 291 g/mol. The highest BCUT2D eigenvalue weighted by molar-refractivity contribution is 5.91. The predicted octanol–water partition coefficient (Wildman–Crippen LogP) is 3.41. The molecule has 0 unspecified atom stereocenters. The van der Waals surface area contributed by atoms with Crippen molar-refractivity contribution in [2.45, 2.75) is 33.6 Å². The summed E-state index contributed by atoms with van der Waals surface area (Å²) in [5.41, 5.74) is 0.910. The molecule has 1 aromatic carbocycles. The van der Waals surface area contributed by atoms with Gasteiger partial charge in [-0.2, -0.15) is 0 Å². The molecule has 116 valence electrons. The summed E-state index contributed by atoms with van der Waals surface area (Å²) >= 11 is 0. The minimum absolute atomic E-state index is 0.0738. The molecule has 4 nitrogen and oxygen atoms in total. The van der Waals surface area contributed by atoms with Gasteiger partial charge in [-0.25, -0.2) is 0 Å². The Hall–Kier alpha value is -1.97. The minimum Gasteiger partial charge on any atom is -0.490 e. The molecular weight excluding hydrogens is 266 g/mol. The lowest BCUT2D eigenvalue weighted by atomic mass is 10.2. The second-order valence-electron chi connectivity index (χ2n) is 4.55. The largest absolute Gasteiger partial charge is 0.490 e. The van der Waals surface area contributed by atoms with E-state index in [1.54, 1.807) is 12.2 Å². The number of ether oxygens (including phenoxy) is 2. The highest BCUT2D eigenvalue weighted by Crippen LogP contribution is 2.28. The van der Waals surface area contributed by atoms with Crippen LogP contribution in [0.5, 0.6) is 11.5 Å². The van der Waals surface area contributed by atoms with Gasteiger partial charge in [-0.3, -0.25) is 4.79 Å². The Bertz CT molecular complexity index is 469. The highest BCUT2D eigenvalue weighted by atomic mass is 16.5. The molecule has 0 aliphatic heterocycles. The molecule has 0 radical (unpaired) electrons. The molecule has 1 aromatic rings. The van der Waals surface area contributed by atoms with Crippen molar-refractivity contribution in [1.82, 2.24) is 5.32 Å². The molecule has 1 rings (SSSR count). The SMILES string of the molecule is CCCCNC(=O)/C=C/c1ccc(OCC)c(OCC)c1. The van der Waals surface area contributed by atoms with E-state index >= 15 is 0 Å². The molecule has 0 heterocycles. The number of hydrogen-bond donors (Lipinski definition) is 1. The summed E-state index contributed by atoms with van der Waals surface area (Å²) in [6.45, 7) is 7.84. The van der Waals surface area contributed by atoms with Crippen LogP contribution in [0.2, 0.25) is 0 Å². The van der Waals surface area contributed by atoms with E-state index in [0.29, 0.717) is 25.5 Å². The third-order valence-corrected chi connectivity index (χ3v) is 2.82. The maximum Gasteiger partial charge on any atom is 0.243 e. The molecule has 21 heavy (non-hydrogen) atoms. The number of benzene rings is 1. The van der Waals surface area contributed by atoms with Gasteiger partial charge in [0.05, 0.1) is 13.2 Å². The monoisotopic (exact) mass is 291 g/mol. The van der Waals surface area contributed by atoms with Crippen molar-refractivity contribution in [1.29, 1.82) is 0 Å². The smallest absolute Gasteiger partial charge is 0.243 e. The van der Waals surface area contributed by atoms with E-state index in [1.165, 1.54) is 0 Å². The second kappa shape index (κ2) is 9.86. The third kappa shape index (κ3) is 6.34. The van der Waals surface area contributed by atoms with Crippen LogP contribution in [-0.2, 0) is 4.79 Å². The van der Waals surface area contributed by atoms with Crippen LogP contribution in [0.1, 0.15) is 39.2 Å². The zero-order valence-electron chi connectivity index (χ0n) is 13.1. The third-order valence-electron chi connectivity index (χ3n) is 2.82. The Labute approximate surface area is 127 Å². The Kier molecular flexibility index (Phi) is 8.02. The van der Waals surface area contributed by atoms with Crippen LogP contribution in [-0.4, -0.2) is 25.7 Å². The lowest BCUT2D eigenvalue weighted by Crippen LogP contribution is -2.21. The van der Waals surface area contributed by atoms with Gasteiger partial charge in [0.15, 0.2) is 11.5 Å². The van der Waals surface area contributed by atoms with E-state index < -0.39 is 0 Å². The van der Waals surface area contributed by atoms with E-state index in [0.717, 1.165) is 24.2 Å². The second-order valence-corrected chi connectivity index (χ2v) is 4.55. The van der Waals surface area contributed by atoms with E-state index in [4.69, 9.17) is 9.47 Å². The standard InChI is InChI=1S/C17H25NO3/c1-4-7-12-18-17(19)11-9-14-8-10-15(20-5-2)16(13-14)21-6-3/h8-11,13H,4-7,12H2,1-3H3,(H,18,19)/b11-9+. The zero-order valence-corrected chi connectivity index (χ0v) is 13.1. The number of carbonyl (C=O) groups is 1. The van der Waals surface area contributed by atoms with Gasteiger partial charge in [0.1, 0.15) is 0 Å². The van der Waals surface area contributed by atoms with Gasteiger partial charge < -0.3 is 14.8 Å². The topological polar surface area (TPSA) is 47.6 Å². The van der Waals surface area contributed by atoms with E-state index in [1.807, 2.05) is 32.0 Å². The molecule has 0 aliphatic rings. The summed E-state index contributed by atoms with van der Waals surface area (Å²) in [7, 11) is 0. The summed E-state index contributed by atoms with van der Waals surface area (Å²) in [4.78, 5) is 11.6. The van der Waals surface area contributed by atoms with E-state index in [-0.39, 0.29) is 5.91 Å². The summed E-state index contributed by atoms with van der Waals surface area (Å²) in [5.74, 6) is 1.35. The molecule has 0 aromatic heterocycles. The average Bonchev–Trinajstić information content (AvgIpc) is 2.48. The molecule has 0 spiro atoms. The number of carbonyl (C=O) groups excluding carboxylic acids is 1. The maximum absolute atomic E-state index is 11.6. The van der Waals surface area contributed by atoms with Gasteiger partial charge >= 0.3 is 0 Å². The first-order chi connectivity index (χ1) is 10.2. The van der Waals surface area contributed by atoms with Crippen LogP contribution in [0.25, 0.3) is 6.08 Å². The van der Waals surface area contributed by atoms with Gasteiger partial charge in [-0.1, -0.05) is 19.4 Å². The molecule has 1 N–H and O–H groups in total. The quantitative estimate of drug-likeness (QED) is 0.560. The Morgan fingerprint density at radius 1 is 1.14 bits per heavy atom. The summed E-state index contributed by atoms with van der Waals surface area (Å²) in [5, 5.41) is 2.84. The first-order valence-electron chi connectivity index (χ1n) is 7.56. The van der Waals surface area contributed by atoms with Crippen molar-refractivity contribution in [2.24, 2.45) is 0 Å². The molecular formula is C17H25NO3. The van der Waals surface area contributed by atoms with Gasteiger partial charge in [0, 0.05) is 12.6 Å². The molecule has 0 bridgehead atoms. The molecule has 0 atom stereocenters. The van der Waals surface area contributed by atoms with Gasteiger partial charge in [0.2, 0.25) is 5.91 Å². The van der Waals surface area contributed by atoms with Crippen molar-refractivity contribution in [3.63, 3.8) is 0 Å². The fraction of sp³-hybridized carbons (Fsp3) is 0.471. The van der Waals surface area contributed by atoms with Gasteiger partial charge in [-0.15, -0.1) is 0 Å². The highest BCUT2D eigenvalue weighted by Gasteiger charge is 2.05. The Balaban J connectivity index is 2.70. The minimum atomic E-state index is -0.0738. The predicted molar refractivity (Wildman–Crippen MR) is 85.7 cm³/mol. The zero-order chi connectivity index (χ0) is 15.5. The Morgan fingerprint density at radius 2 is 1.86 bits per heavy atom. The summed E-state index contributed by atoms with van der Waals surface area (Å²) in [6, 6.07) is 5.65. The molecule has 0 aliphatic carbocycles. The number of nitrogens with one attached hydrogen (secondary N) is 1. The Morgan fingerprint density at radius 3 is 2.52 bits per heavy atom. The fourth-order valence-corrected chi connectivity index (χ4v) is 1.79. The van der Waals surface area contributed by atoms with Crippen LogP contribution in [0.3, 0.4) is 0 Å². The number of hydrogen-bond acceptors (Lipinski definition) is 3. The van der Waals surface area contributed by atoms with E-state index in [9.17, 15) is 4.79 Å². The molecule has 0 fully saturated rings. The van der Waals surface area contributed by atoms with Gasteiger partial charge in [-0.05, 0) is 44.0 Å². The number of amides is 1. The first kappa shape index (κ1) is 17.1. The normalized spacial score (nSPS) is 10.6. The van der Waals surface area contributed by atoms with E-state index in [2.05, 4.69) is 12.2 Å². The first-order valence-corrected chi connectivity index (χ1v) is 7.56. The molecule has 0 saturated heterocycles. The van der Waals surface area contributed by atoms with Crippen LogP contribution in [0, 0.1) is 0 Å². The summed E-state index contributed by atoms with van der Waals surface area (Å²) < 4.78 is 11.1. The number of unbranched alkanes of at least 4 members (excludes halogenated alkanes) is 1. The van der Waals surface area contributed by atoms with Crippen molar-refractivity contribution < 1.29 is 14.3 Å². The van der Waals surface area contributed by atoms with Crippen LogP contribution >= 0.6 is 0 Å². The van der Waals surface area contributed by atoms with Crippen LogP contribution in [0.4, 0.5) is 0 Å². The molecule has 0 saturated carbocycles. The lowest BCUT2D eigenvalue weighted by molar-refractivity contribution is -0.116. The number of rotatable bonds is 9. The van der Waals surface area contributed by atoms with Crippen molar-refractivity contribution in [3.8, 4) is 11.5 Å². The molecule has 1 amide bonds.